The Bertz CT molecular complexity index is 396. The van der Waals surface area contributed by atoms with Gasteiger partial charge >= 0.3 is 6.09 Å². The van der Waals surface area contributed by atoms with E-state index >= 15 is 0 Å². The molecule has 0 radical (unpaired) electrons. The zero-order chi connectivity index (χ0) is 17.1. The molecule has 1 saturated carbocycles. The third kappa shape index (κ3) is 5.08. The molecule has 2 rings (SSSR count). The maximum Gasteiger partial charge on any atom is 0.410 e. The van der Waals surface area contributed by atoms with Crippen molar-refractivity contribution in [3.05, 3.63) is 0 Å². The summed E-state index contributed by atoms with van der Waals surface area (Å²) in [5.41, 5.74) is -0.377. The Morgan fingerprint density at radius 3 is 2.57 bits per heavy atom. The summed E-state index contributed by atoms with van der Waals surface area (Å²) in [6.07, 6.45) is 6.50. The van der Waals surface area contributed by atoms with Crippen LogP contribution in [0, 0.1) is 0 Å². The average molecular weight is 326 g/mol. The molecule has 1 aliphatic heterocycles. The Labute approximate surface area is 141 Å². The number of rotatable bonds is 6. The van der Waals surface area contributed by atoms with E-state index in [9.17, 15) is 4.79 Å². The van der Waals surface area contributed by atoms with Gasteiger partial charge in [0.25, 0.3) is 0 Å². The number of hydrogen-bond acceptors (Lipinski definition) is 4. The first-order valence-electron chi connectivity index (χ1n) is 9.03. The molecule has 1 N–H and O–H groups in total. The molecule has 0 aromatic rings. The van der Waals surface area contributed by atoms with Crippen LogP contribution in [-0.2, 0) is 9.47 Å². The molecule has 5 nitrogen and oxygen atoms in total. The van der Waals surface area contributed by atoms with E-state index < -0.39 is 5.60 Å². The van der Waals surface area contributed by atoms with Crippen molar-refractivity contribution in [2.24, 2.45) is 0 Å². The summed E-state index contributed by atoms with van der Waals surface area (Å²) in [5.74, 6) is 0. The molecule has 0 bridgehead atoms. The summed E-state index contributed by atoms with van der Waals surface area (Å²) in [5, 5.41) is 3.61. The predicted molar refractivity (Wildman–Crippen MR) is 91.6 cm³/mol. The number of methoxy groups -OCH3 is 1. The van der Waals surface area contributed by atoms with E-state index in [0.717, 1.165) is 45.2 Å². The number of nitrogens with one attached hydrogen (secondary N) is 1. The third-order valence-electron chi connectivity index (χ3n) is 5.10. The van der Waals surface area contributed by atoms with Crippen LogP contribution in [0.1, 0.15) is 66.2 Å². The number of carbonyl (C=O) groups excluding carboxylic acids is 1. The zero-order valence-corrected chi connectivity index (χ0v) is 15.5. The fourth-order valence-corrected chi connectivity index (χ4v) is 3.52. The van der Waals surface area contributed by atoms with Crippen molar-refractivity contribution in [2.75, 3.05) is 20.2 Å². The van der Waals surface area contributed by atoms with E-state index in [1.165, 1.54) is 6.42 Å². The molecule has 5 heteroatoms. The highest BCUT2D eigenvalue weighted by atomic mass is 16.6. The van der Waals surface area contributed by atoms with E-state index in [1.54, 1.807) is 0 Å². The first-order chi connectivity index (χ1) is 10.7. The van der Waals surface area contributed by atoms with Crippen molar-refractivity contribution < 1.29 is 14.3 Å². The van der Waals surface area contributed by atoms with E-state index in [2.05, 4.69) is 12.2 Å². The van der Waals surface area contributed by atoms with Crippen molar-refractivity contribution in [1.29, 1.82) is 0 Å². The number of nitrogens with zero attached hydrogens (tertiary/aromatic N) is 1. The van der Waals surface area contributed by atoms with E-state index in [0.29, 0.717) is 6.04 Å². The molecule has 1 amide bonds. The smallest absolute Gasteiger partial charge is 0.410 e. The Hall–Kier alpha value is -0.810. The monoisotopic (exact) mass is 326 g/mol. The van der Waals surface area contributed by atoms with Crippen LogP contribution < -0.4 is 5.32 Å². The topological polar surface area (TPSA) is 50.8 Å². The number of amides is 1. The van der Waals surface area contributed by atoms with Gasteiger partial charge in [0.1, 0.15) is 5.60 Å². The van der Waals surface area contributed by atoms with Crippen LogP contribution >= 0.6 is 0 Å². The molecule has 0 aromatic carbocycles. The minimum Gasteiger partial charge on any atom is -0.444 e. The molecule has 1 aliphatic carbocycles. The van der Waals surface area contributed by atoms with Gasteiger partial charge in [0.15, 0.2) is 0 Å². The summed E-state index contributed by atoms with van der Waals surface area (Å²) in [6.45, 7) is 9.68. The second-order valence-electron chi connectivity index (χ2n) is 8.23. The molecule has 1 heterocycles. The van der Waals surface area contributed by atoms with E-state index in [4.69, 9.17) is 9.47 Å². The van der Waals surface area contributed by atoms with Crippen LogP contribution in [0.2, 0.25) is 0 Å². The van der Waals surface area contributed by atoms with Crippen molar-refractivity contribution in [2.45, 2.75) is 89.5 Å². The van der Waals surface area contributed by atoms with Gasteiger partial charge in [-0.2, -0.15) is 0 Å². The Kier molecular flexibility index (Phi) is 5.95. The SMILES string of the molecule is COC1(CNC(C)CC2CCCN2C(=O)OC(C)(C)C)CCC1. The van der Waals surface area contributed by atoms with Gasteiger partial charge in [0.2, 0.25) is 0 Å². The first kappa shape index (κ1) is 18.5. The molecule has 23 heavy (non-hydrogen) atoms. The molecule has 2 aliphatic rings. The van der Waals surface area contributed by atoms with Crippen molar-refractivity contribution in [1.82, 2.24) is 10.2 Å². The maximum absolute atomic E-state index is 12.3. The lowest BCUT2D eigenvalue weighted by Crippen LogP contribution is -2.51. The van der Waals surface area contributed by atoms with Crippen molar-refractivity contribution in [3.63, 3.8) is 0 Å². The lowest BCUT2D eigenvalue weighted by molar-refractivity contribution is -0.0709. The van der Waals surface area contributed by atoms with Gasteiger partial charge < -0.3 is 19.7 Å². The van der Waals surface area contributed by atoms with Crippen molar-refractivity contribution in [3.8, 4) is 0 Å². The van der Waals surface area contributed by atoms with Crippen LogP contribution in [0.15, 0.2) is 0 Å². The molecule has 0 aromatic heterocycles. The third-order valence-corrected chi connectivity index (χ3v) is 5.10. The Morgan fingerprint density at radius 2 is 2.04 bits per heavy atom. The molecule has 1 saturated heterocycles. The lowest BCUT2D eigenvalue weighted by Gasteiger charge is -2.41. The summed E-state index contributed by atoms with van der Waals surface area (Å²) < 4.78 is 11.2. The quantitative estimate of drug-likeness (QED) is 0.813. The van der Waals surface area contributed by atoms with Gasteiger partial charge in [-0.1, -0.05) is 0 Å². The van der Waals surface area contributed by atoms with Crippen LogP contribution in [-0.4, -0.2) is 54.5 Å². The number of ether oxygens (including phenoxy) is 2. The lowest BCUT2D eigenvalue weighted by atomic mass is 9.80. The van der Waals surface area contributed by atoms with Gasteiger partial charge in [-0.3, -0.25) is 0 Å². The fraction of sp³-hybridized carbons (Fsp3) is 0.944. The molecule has 2 unspecified atom stereocenters. The molecular weight excluding hydrogens is 292 g/mol. The van der Waals surface area contributed by atoms with Crippen LogP contribution in [0.5, 0.6) is 0 Å². The average Bonchev–Trinajstić information content (AvgIpc) is 2.84. The fourth-order valence-electron chi connectivity index (χ4n) is 3.52. The summed E-state index contributed by atoms with van der Waals surface area (Å²) in [4.78, 5) is 14.3. The standard InChI is InChI=1S/C18H34N2O3/c1-14(19-13-18(22-5)9-7-10-18)12-15-8-6-11-20(15)16(21)23-17(2,3)4/h14-15,19H,6-13H2,1-5H3. The first-order valence-corrected chi connectivity index (χ1v) is 9.03. The highest BCUT2D eigenvalue weighted by Gasteiger charge is 2.37. The number of hydrogen-bond donors (Lipinski definition) is 1. The van der Waals surface area contributed by atoms with Gasteiger partial charge in [0.05, 0.1) is 5.60 Å². The van der Waals surface area contributed by atoms with Crippen molar-refractivity contribution >= 4 is 6.09 Å². The molecule has 2 atom stereocenters. The molecular formula is C18H34N2O3. The van der Waals surface area contributed by atoms with Gasteiger partial charge in [-0.05, 0) is 66.2 Å². The summed E-state index contributed by atoms with van der Waals surface area (Å²) in [6, 6.07) is 0.655. The molecule has 134 valence electrons. The van der Waals surface area contributed by atoms with Crippen LogP contribution in [0.3, 0.4) is 0 Å². The molecule has 0 spiro atoms. The Morgan fingerprint density at radius 1 is 1.35 bits per heavy atom. The minimum atomic E-state index is -0.427. The largest absolute Gasteiger partial charge is 0.444 e. The minimum absolute atomic E-state index is 0.0504. The molecule has 2 fully saturated rings. The zero-order valence-electron chi connectivity index (χ0n) is 15.5. The van der Waals surface area contributed by atoms with Gasteiger partial charge in [-0.25, -0.2) is 4.79 Å². The summed E-state index contributed by atoms with van der Waals surface area (Å²) in [7, 11) is 1.81. The number of likely N-dealkylation sites (tertiary alicyclic amines) is 1. The van der Waals surface area contributed by atoms with Gasteiger partial charge in [-0.15, -0.1) is 0 Å². The highest BCUT2D eigenvalue weighted by molar-refractivity contribution is 5.68. The Balaban J connectivity index is 1.79. The second kappa shape index (κ2) is 7.39. The summed E-state index contributed by atoms with van der Waals surface area (Å²) >= 11 is 0. The second-order valence-corrected chi connectivity index (χ2v) is 8.23. The van der Waals surface area contributed by atoms with Crippen LogP contribution in [0.4, 0.5) is 4.79 Å². The van der Waals surface area contributed by atoms with E-state index in [1.807, 2.05) is 32.8 Å². The predicted octanol–water partition coefficient (Wildman–Crippen LogP) is 3.32. The normalized spacial score (nSPS) is 25.1. The number of carbonyl (C=O) groups is 1. The maximum atomic E-state index is 12.3. The van der Waals surface area contributed by atoms with E-state index in [-0.39, 0.29) is 17.7 Å². The van der Waals surface area contributed by atoms with Gasteiger partial charge in [0, 0.05) is 32.3 Å². The highest BCUT2D eigenvalue weighted by Crippen LogP contribution is 2.34. The van der Waals surface area contributed by atoms with Crippen LogP contribution in [0.25, 0.3) is 0 Å².